The van der Waals surface area contributed by atoms with Gasteiger partial charge in [-0.3, -0.25) is 4.79 Å². The lowest BCUT2D eigenvalue weighted by Crippen LogP contribution is -2.38. The van der Waals surface area contributed by atoms with Gasteiger partial charge in [-0.25, -0.2) is 4.79 Å². The summed E-state index contributed by atoms with van der Waals surface area (Å²) >= 11 is 0. The van der Waals surface area contributed by atoms with Crippen LogP contribution in [-0.4, -0.2) is 37.7 Å². The van der Waals surface area contributed by atoms with E-state index in [1.165, 1.54) is 0 Å². The molecule has 28 heavy (non-hydrogen) atoms. The minimum absolute atomic E-state index is 0.0404. The largest absolute Gasteiger partial charge is 0.490 e. The second-order valence-electron chi connectivity index (χ2n) is 6.55. The predicted molar refractivity (Wildman–Crippen MR) is 106 cm³/mol. The number of carbonyl (C=O) groups is 2. The molecule has 0 saturated heterocycles. The third kappa shape index (κ3) is 4.11. The van der Waals surface area contributed by atoms with E-state index in [0.29, 0.717) is 30.3 Å². The van der Waals surface area contributed by atoms with E-state index in [0.717, 1.165) is 17.7 Å². The monoisotopic (exact) mass is 383 g/mol. The Kier molecular flexibility index (Phi) is 6.19. The van der Waals surface area contributed by atoms with Crippen molar-refractivity contribution in [3.63, 3.8) is 0 Å². The molecule has 0 bridgehead atoms. The van der Waals surface area contributed by atoms with Crippen LogP contribution in [-0.2, 0) is 16.0 Å². The minimum atomic E-state index is -0.572. The first-order valence-electron chi connectivity index (χ1n) is 9.51. The van der Waals surface area contributed by atoms with Gasteiger partial charge in [0.2, 0.25) is 0 Å². The van der Waals surface area contributed by atoms with Crippen LogP contribution in [0.4, 0.5) is 5.69 Å². The number of anilines is 1. The van der Waals surface area contributed by atoms with Crippen molar-refractivity contribution >= 4 is 17.6 Å². The molecule has 1 aliphatic rings. The molecule has 3 rings (SSSR count). The zero-order valence-corrected chi connectivity index (χ0v) is 16.4. The number of carbonyl (C=O) groups excluding carboxylic acids is 2. The molecule has 1 aliphatic heterocycles. The van der Waals surface area contributed by atoms with Crippen LogP contribution in [0.25, 0.3) is 0 Å². The topological polar surface area (TPSA) is 65.1 Å². The van der Waals surface area contributed by atoms with Gasteiger partial charge in [-0.05, 0) is 57.0 Å². The highest BCUT2D eigenvalue weighted by Gasteiger charge is 2.31. The Morgan fingerprint density at radius 1 is 1.04 bits per heavy atom. The van der Waals surface area contributed by atoms with Crippen molar-refractivity contribution in [2.45, 2.75) is 33.2 Å². The Bertz CT molecular complexity index is 864. The van der Waals surface area contributed by atoms with E-state index in [2.05, 4.69) is 0 Å². The van der Waals surface area contributed by atoms with Crippen LogP contribution in [0.15, 0.2) is 42.5 Å². The molecule has 0 aliphatic carbocycles. The summed E-state index contributed by atoms with van der Waals surface area (Å²) in [6.45, 7) is 6.35. The maximum absolute atomic E-state index is 12.7. The molecule has 0 saturated carbocycles. The SMILES string of the molecule is CCOc1ccc(C(=O)OCC(=O)N2c3ccccc3C[C@@H]2C)cc1OCC. The number of hydrogen-bond donors (Lipinski definition) is 0. The minimum Gasteiger partial charge on any atom is -0.490 e. The van der Waals surface area contributed by atoms with Crippen LogP contribution in [0.2, 0.25) is 0 Å². The summed E-state index contributed by atoms with van der Waals surface area (Å²) in [6, 6.07) is 12.7. The van der Waals surface area contributed by atoms with E-state index >= 15 is 0 Å². The molecule has 1 amide bonds. The Morgan fingerprint density at radius 3 is 2.50 bits per heavy atom. The molecular weight excluding hydrogens is 358 g/mol. The third-order valence-corrected chi connectivity index (χ3v) is 4.58. The van der Waals surface area contributed by atoms with E-state index in [4.69, 9.17) is 14.2 Å². The number of nitrogens with zero attached hydrogens (tertiary/aromatic N) is 1. The lowest BCUT2D eigenvalue weighted by atomic mass is 10.1. The first kappa shape index (κ1) is 19.7. The standard InChI is InChI=1S/C22H25NO5/c1-4-26-19-11-10-17(13-20(19)27-5-2)22(25)28-14-21(24)23-15(3)12-16-8-6-7-9-18(16)23/h6-11,13,15H,4-5,12,14H2,1-3H3/t15-/m0/s1. The summed E-state index contributed by atoms with van der Waals surface area (Å²) in [5.41, 5.74) is 2.33. The molecule has 0 unspecified atom stereocenters. The normalized spacial score (nSPS) is 15.1. The smallest absolute Gasteiger partial charge is 0.338 e. The molecular formula is C22H25NO5. The Balaban J connectivity index is 1.67. The van der Waals surface area contributed by atoms with Gasteiger partial charge < -0.3 is 19.1 Å². The highest BCUT2D eigenvalue weighted by atomic mass is 16.5. The lowest BCUT2D eigenvalue weighted by molar-refractivity contribution is -0.122. The van der Waals surface area contributed by atoms with Gasteiger partial charge in [-0.2, -0.15) is 0 Å². The van der Waals surface area contributed by atoms with Gasteiger partial charge in [0.1, 0.15) is 0 Å². The summed E-state index contributed by atoms with van der Waals surface area (Å²) in [7, 11) is 0. The maximum atomic E-state index is 12.7. The average molecular weight is 383 g/mol. The fourth-order valence-electron chi connectivity index (χ4n) is 3.40. The van der Waals surface area contributed by atoms with Crippen LogP contribution in [0.1, 0.15) is 36.7 Å². The summed E-state index contributed by atoms with van der Waals surface area (Å²) in [5, 5.41) is 0. The van der Waals surface area contributed by atoms with Gasteiger partial charge in [-0.15, -0.1) is 0 Å². The molecule has 0 N–H and O–H groups in total. The number of para-hydroxylation sites is 1. The summed E-state index contributed by atoms with van der Waals surface area (Å²) in [6.07, 6.45) is 0.798. The number of fused-ring (bicyclic) bond motifs is 1. The van der Waals surface area contributed by atoms with Crippen molar-refractivity contribution in [2.24, 2.45) is 0 Å². The third-order valence-electron chi connectivity index (χ3n) is 4.58. The van der Waals surface area contributed by atoms with Crippen LogP contribution >= 0.6 is 0 Å². The molecule has 0 fully saturated rings. The molecule has 0 aromatic heterocycles. The molecule has 1 atom stereocenters. The van der Waals surface area contributed by atoms with Gasteiger partial charge in [0.25, 0.3) is 5.91 Å². The van der Waals surface area contributed by atoms with Gasteiger partial charge in [0.15, 0.2) is 18.1 Å². The molecule has 2 aromatic carbocycles. The van der Waals surface area contributed by atoms with Crippen molar-refractivity contribution < 1.29 is 23.8 Å². The van der Waals surface area contributed by atoms with E-state index in [9.17, 15) is 9.59 Å². The number of amides is 1. The van der Waals surface area contributed by atoms with E-state index in [-0.39, 0.29) is 18.6 Å². The average Bonchev–Trinajstić information content (AvgIpc) is 3.03. The fraction of sp³-hybridized carbons (Fsp3) is 0.364. The molecule has 1 heterocycles. The lowest BCUT2D eigenvalue weighted by Gasteiger charge is -2.22. The number of esters is 1. The van der Waals surface area contributed by atoms with Crippen molar-refractivity contribution in [3.05, 3.63) is 53.6 Å². The van der Waals surface area contributed by atoms with Gasteiger partial charge in [0, 0.05) is 11.7 Å². The number of rotatable bonds is 7. The predicted octanol–water partition coefficient (Wildman–Crippen LogP) is 3.62. The van der Waals surface area contributed by atoms with Crippen LogP contribution in [0, 0.1) is 0 Å². The number of benzene rings is 2. The van der Waals surface area contributed by atoms with E-state index in [1.807, 2.05) is 45.0 Å². The van der Waals surface area contributed by atoms with Gasteiger partial charge >= 0.3 is 5.97 Å². The van der Waals surface area contributed by atoms with Gasteiger partial charge in [-0.1, -0.05) is 18.2 Å². The highest BCUT2D eigenvalue weighted by molar-refractivity contribution is 5.99. The number of hydrogen-bond acceptors (Lipinski definition) is 5. The highest BCUT2D eigenvalue weighted by Crippen LogP contribution is 2.32. The van der Waals surface area contributed by atoms with E-state index < -0.39 is 5.97 Å². The fourth-order valence-corrected chi connectivity index (χ4v) is 3.40. The maximum Gasteiger partial charge on any atom is 0.338 e. The van der Waals surface area contributed by atoms with Crippen LogP contribution < -0.4 is 14.4 Å². The van der Waals surface area contributed by atoms with Crippen molar-refractivity contribution in [1.82, 2.24) is 0 Å². The zero-order valence-electron chi connectivity index (χ0n) is 16.4. The molecule has 6 nitrogen and oxygen atoms in total. The Hall–Kier alpha value is -3.02. The first-order valence-corrected chi connectivity index (χ1v) is 9.51. The molecule has 148 valence electrons. The molecule has 0 radical (unpaired) electrons. The second kappa shape index (κ2) is 8.78. The zero-order chi connectivity index (χ0) is 20.1. The van der Waals surface area contributed by atoms with E-state index in [1.54, 1.807) is 23.1 Å². The molecule has 6 heteroatoms. The quantitative estimate of drug-likeness (QED) is 0.684. The Morgan fingerprint density at radius 2 is 1.75 bits per heavy atom. The Labute approximate surface area is 165 Å². The summed E-state index contributed by atoms with van der Waals surface area (Å²) in [5.74, 6) is 0.242. The van der Waals surface area contributed by atoms with Gasteiger partial charge in [0.05, 0.1) is 18.8 Å². The van der Waals surface area contributed by atoms with Crippen molar-refractivity contribution in [1.29, 1.82) is 0 Å². The first-order chi connectivity index (χ1) is 13.5. The van der Waals surface area contributed by atoms with Crippen LogP contribution in [0.3, 0.4) is 0 Å². The van der Waals surface area contributed by atoms with Crippen molar-refractivity contribution in [2.75, 3.05) is 24.7 Å². The van der Waals surface area contributed by atoms with Crippen molar-refractivity contribution in [3.8, 4) is 11.5 Å². The second-order valence-corrected chi connectivity index (χ2v) is 6.55. The number of ether oxygens (including phenoxy) is 3. The molecule has 0 spiro atoms. The summed E-state index contributed by atoms with van der Waals surface area (Å²) in [4.78, 5) is 26.8. The van der Waals surface area contributed by atoms with Crippen LogP contribution in [0.5, 0.6) is 11.5 Å². The molecule has 2 aromatic rings. The summed E-state index contributed by atoms with van der Waals surface area (Å²) < 4.78 is 16.3.